The fraction of sp³-hybridized carbons (Fsp3) is 0.154. The lowest BCUT2D eigenvalue weighted by Gasteiger charge is -2.03. The Hall–Kier alpha value is -2.23. The number of hydrogen-bond donors (Lipinski definition) is 0. The average molecular weight is 227 g/mol. The lowest BCUT2D eigenvalue weighted by atomic mass is 10.2. The second kappa shape index (κ2) is 4.74. The molecule has 0 spiro atoms. The fourth-order valence-electron chi connectivity index (χ4n) is 1.59. The highest BCUT2D eigenvalue weighted by molar-refractivity contribution is 5.78. The molecule has 2 rings (SSSR count). The number of nitrogens with zero attached hydrogens (tertiary/aromatic N) is 3. The summed E-state index contributed by atoms with van der Waals surface area (Å²) in [5, 5.41) is 4.16. The van der Waals surface area contributed by atoms with Crippen LogP contribution in [0.1, 0.15) is 16.8 Å². The number of hydrogen-bond acceptors (Lipinski definition) is 3. The predicted octanol–water partition coefficient (Wildman–Crippen LogP) is 1.74. The molecule has 0 aliphatic carbocycles. The largest absolute Gasteiger partial charge is 0.271 e. The number of rotatable bonds is 2. The number of pyridine rings is 2. The Morgan fingerprint density at radius 1 is 1.35 bits per heavy atom. The first kappa shape index (κ1) is 11.3. The minimum Gasteiger partial charge on any atom is -0.267 e. The third-order valence-electron chi connectivity index (χ3n) is 2.34. The molecule has 0 aliphatic rings. The third-order valence-corrected chi connectivity index (χ3v) is 2.34. The lowest BCUT2D eigenvalue weighted by Crippen LogP contribution is -2.18. The maximum atomic E-state index is 11.7. The van der Waals surface area contributed by atoms with Gasteiger partial charge in [0.1, 0.15) is 0 Å². The van der Waals surface area contributed by atoms with Crippen molar-refractivity contribution >= 4 is 6.21 Å². The molecule has 86 valence electrons. The Bertz CT molecular complexity index is 600. The average Bonchev–Trinajstić information content (AvgIpc) is 2.29. The summed E-state index contributed by atoms with van der Waals surface area (Å²) in [6.07, 6.45) is 5.01. The molecule has 0 atom stereocenters. The first-order chi connectivity index (χ1) is 8.16. The summed E-state index contributed by atoms with van der Waals surface area (Å²) in [7, 11) is 0. The maximum absolute atomic E-state index is 11.7. The molecule has 2 heterocycles. The zero-order valence-electron chi connectivity index (χ0n) is 9.79. The van der Waals surface area contributed by atoms with E-state index in [9.17, 15) is 4.79 Å². The Morgan fingerprint density at radius 3 is 2.82 bits per heavy atom. The number of aryl methyl sites for hydroxylation is 2. The first-order valence-corrected chi connectivity index (χ1v) is 5.31. The van der Waals surface area contributed by atoms with E-state index in [-0.39, 0.29) is 5.56 Å². The van der Waals surface area contributed by atoms with Gasteiger partial charge in [0, 0.05) is 29.7 Å². The molecule has 4 heteroatoms. The minimum atomic E-state index is -0.123. The molecule has 0 amide bonds. The summed E-state index contributed by atoms with van der Waals surface area (Å²) in [6, 6.07) is 7.19. The summed E-state index contributed by atoms with van der Waals surface area (Å²) in [6.45, 7) is 3.75. The predicted molar refractivity (Wildman–Crippen MR) is 67.4 cm³/mol. The molecule has 2 aromatic heterocycles. The van der Waals surface area contributed by atoms with Gasteiger partial charge in [0.05, 0.1) is 6.21 Å². The van der Waals surface area contributed by atoms with E-state index in [1.54, 1.807) is 24.7 Å². The Morgan fingerprint density at radius 2 is 2.18 bits per heavy atom. The molecule has 0 aliphatic heterocycles. The highest BCUT2D eigenvalue weighted by Gasteiger charge is 1.98. The second-order valence-corrected chi connectivity index (χ2v) is 3.86. The van der Waals surface area contributed by atoms with Gasteiger partial charge in [-0.3, -0.25) is 9.78 Å². The van der Waals surface area contributed by atoms with Gasteiger partial charge in [0.15, 0.2) is 0 Å². The van der Waals surface area contributed by atoms with Gasteiger partial charge in [-0.25, -0.2) is 4.68 Å². The molecule has 0 unspecified atom stereocenters. The molecule has 17 heavy (non-hydrogen) atoms. The van der Waals surface area contributed by atoms with Crippen LogP contribution in [-0.4, -0.2) is 15.9 Å². The lowest BCUT2D eigenvalue weighted by molar-refractivity contribution is 0.790. The molecule has 0 fully saturated rings. The Balaban J connectivity index is 2.37. The summed E-state index contributed by atoms with van der Waals surface area (Å²) >= 11 is 0. The van der Waals surface area contributed by atoms with Crippen LogP contribution < -0.4 is 5.56 Å². The summed E-state index contributed by atoms with van der Waals surface area (Å²) in [5.41, 5.74) is 2.50. The second-order valence-electron chi connectivity index (χ2n) is 3.86. The fourth-order valence-corrected chi connectivity index (χ4v) is 1.59. The molecular weight excluding hydrogens is 214 g/mol. The van der Waals surface area contributed by atoms with E-state index in [0.29, 0.717) is 0 Å². The molecular formula is C13H13N3O. The van der Waals surface area contributed by atoms with Gasteiger partial charge in [-0.15, -0.1) is 0 Å². The molecule has 0 saturated carbocycles. The smallest absolute Gasteiger partial charge is 0.267 e. The van der Waals surface area contributed by atoms with Crippen LogP contribution in [0.2, 0.25) is 0 Å². The van der Waals surface area contributed by atoms with E-state index < -0.39 is 0 Å². The highest BCUT2D eigenvalue weighted by atomic mass is 16.1. The van der Waals surface area contributed by atoms with E-state index >= 15 is 0 Å². The summed E-state index contributed by atoms with van der Waals surface area (Å²) < 4.78 is 1.38. The van der Waals surface area contributed by atoms with Crippen molar-refractivity contribution in [3.8, 4) is 0 Å². The van der Waals surface area contributed by atoms with Crippen LogP contribution in [-0.2, 0) is 0 Å². The zero-order chi connectivity index (χ0) is 12.3. The van der Waals surface area contributed by atoms with E-state index in [4.69, 9.17) is 0 Å². The highest BCUT2D eigenvalue weighted by Crippen LogP contribution is 1.99. The molecule has 0 saturated heterocycles. The van der Waals surface area contributed by atoms with Gasteiger partial charge in [-0.05, 0) is 31.5 Å². The molecule has 0 radical (unpaired) electrons. The zero-order valence-corrected chi connectivity index (χ0v) is 9.79. The van der Waals surface area contributed by atoms with E-state index in [2.05, 4.69) is 10.1 Å². The van der Waals surface area contributed by atoms with Crippen LogP contribution in [0.25, 0.3) is 0 Å². The van der Waals surface area contributed by atoms with Crippen LogP contribution >= 0.6 is 0 Å². The van der Waals surface area contributed by atoms with Crippen LogP contribution in [0.3, 0.4) is 0 Å². The maximum Gasteiger partial charge on any atom is 0.271 e. The SMILES string of the molecule is Cc1cc(C)n(N=Cc2cccnc2)c(=O)c1. The van der Waals surface area contributed by atoms with Crippen molar-refractivity contribution in [1.82, 2.24) is 9.66 Å². The molecule has 2 aromatic rings. The molecule has 0 bridgehead atoms. The van der Waals surface area contributed by atoms with Gasteiger partial charge < -0.3 is 0 Å². The Labute approximate surface area is 99.3 Å². The molecule has 0 aromatic carbocycles. The van der Waals surface area contributed by atoms with Crippen LogP contribution in [0.15, 0.2) is 46.6 Å². The van der Waals surface area contributed by atoms with Crippen LogP contribution in [0.4, 0.5) is 0 Å². The van der Waals surface area contributed by atoms with Crippen molar-refractivity contribution in [3.05, 3.63) is 63.8 Å². The van der Waals surface area contributed by atoms with Crippen molar-refractivity contribution in [3.63, 3.8) is 0 Å². The van der Waals surface area contributed by atoms with Crippen LogP contribution in [0, 0.1) is 13.8 Å². The standard InChI is InChI=1S/C13H13N3O/c1-10-6-11(2)16(13(17)7-10)15-9-12-4-3-5-14-8-12/h3-9H,1-2H3. The Kier molecular flexibility index (Phi) is 3.14. The van der Waals surface area contributed by atoms with E-state index in [0.717, 1.165) is 16.8 Å². The molecule has 4 nitrogen and oxygen atoms in total. The van der Waals surface area contributed by atoms with Gasteiger partial charge in [-0.2, -0.15) is 5.10 Å². The summed E-state index contributed by atoms with van der Waals surface area (Å²) in [4.78, 5) is 15.7. The van der Waals surface area contributed by atoms with Crippen LogP contribution in [0.5, 0.6) is 0 Å². The topological polar surface area (TPSA) is 47.2 Å². The van der Waals surface area contributed by atoms with Crippen molar-refractivity contribution in [1.29, 1.82) is 0 Å². The van der Waals surface area contributed by atoms with E-state index in [1.807, 2.05) is 32.0 Å². The monoisotopic (exact) mass is 227 g/mol. The van der Waals surface area contributed by atoms with Crippen molar-refractivity contribution in [2.75, 3.05) is 0 Å². The third kappa shape index (κ3) is 2.66. The van der Waals surface area contributed by atoms with Gasteiger partial charge in [0.2, 0.25) is 0 Å². The molecule has 0 N–H and O–H groups in total. The minimum absolute atomic E-state index is 0.123. The first-order valence-electron chi connectivity index (χ1n) is 5.31. The van der Waals surface area contributed by atoms with Gasteiger partial charge >= 0.3 is 0 Å². The van der Waals surface area contributed by atoms with Crippen molar-refractivity contribution < 1.29 is 0 Å². The number of aromatic nitrogens is 2. The van der Waals surface area contributed by atoms with Crippen molar-refractivity contribution in [2.45, 2.75) is 13.8 Å². The van der Waals surface area contributed by atoms with Gasteiger partial charge in [0.25, 0.3) is 5.56 Å². The quantitative estimate of drug-likeness (QED) is 0.734. The normalized spacial score (nSPS) is 10.9. The van der Waals surface area contributed by atoms with Gasteiger partial charge in [-0.1, -0.05) is 6.07 Å². The summed E-state index contributed by atoms with van der Waals surface area (Å²) in [5.74, 6) is 0. The van der Waals surface area contributed by atoms with Crippen molar-refractivity contribution in [2.24, 2.45) is 5.10 Å². The van der Waals surface area contributed by atoms with E-state index in [1.165, 1.54) is 4.68 Å².